The summed E-state index contributed by atoms with van der Waals surface area (Å²) >= 11 is 0. The van der Waals surface area contributed by atoms with Crippen LogP contribution in [0.2, 0.25) is 0 Å². The van der Waals surface area contributed by atoms with E-state index >= 15 is 0 Å². The van der Waals surface area contributed by atoms with Gasteiger partial charge in [0.2, 0.25) is 0 Å². The molecule has 3 rings (SSSR count). The first-order valence-electron chi connectivity index (χ1n) is 6.99. The zero-order valence-electron chi connectivity index (χ0n) is 12.4. The van der Waals surface area contributed by atoms with Crippen LogP contribution in [0.1, 0.15) is 27.7 Å². The molecule has 0 aromatic carbocycles. The predicted molar refractivity (Wildman–Crippen MR) is 69.6 cm³/mol. The summed E-state index contributed by atoms with van der Waals surface area (Å²) in [4.78, 5) is 0. The highest BCUT2D eigenvalue weighted by atomic mass is 16.8. The standard InChI is InChI=1S/C13H24N2O5/c1-11(2)16-5-7(18-11)8-13(15,6-14)9-10(17-8)20-12(3,4)19-9/h7-10H,5-6,14-15H2,1-4H3/t7-,8-,9+,10-,13-/m1/s1. The molecule has 4 N–H and O–H groups in total. The van der Waals surface area contributed by atoms with E-state index in [-0.39, 0.29) is 12.6 Å². The molecule has 0 aromatic heterocycles. The van der Waals surface area contributed by atoms with E-state index in [1.165, 1.54) is 0 Å². The molecule has 3 fully saturated rings. The first kappa shape index (κ1) is 14.6. The maximum absolute atomic E-state index is 6.49. The highest BCUT2D eigenvalue weighted by Crippen LogP contribution is 2.44. The summed E-state index contributed by atoms with van der Waals surface area (Å²) in [6.07, 6.45) is -1.62. The minimum absolute atomic E-state index is 0.221. The molecular weight excluding hydrogens is 264 g/mol. The molecule has 5 atom stereocenters. The van der Waals surface area contributed by atoms with Crippen molar-refractivity contribution in [1.29, 1.82) is 0 Å². The van der Waals surface area contributed by atoms with Crippen molar-refractivity contribution in [2.45, 2.75) is 69.4 Å². The Morgan fingerprint density at radius 3 is 2.25 bits per heavy atom. The third-order valence-electron chi connectivity index (χ3n) is 4.12. The second-order valence-electron chi connectivity index (χ2n) is 6.66. The van der Waals surface area contributed by atoms with Crippen LogP contribution >= 0.6 is 0 Å². The van der Waals surface area contributed by atoms with E-state index in [1.807, 2.05) is 27.7 Å². The molecule has 0 aliphatic carbocycles. The van der Waals surface area contributed by atoms with Crippen LogP contribution in [0.3, 0.4) is 0 Å². The van der Waals surface area contributed by atoms with Gasteiger partial charge in [-0.15, -0.1) is 0 Å². The van der Waals surface area contributed by atoms with Crippen molar-refractivity contribution in [2.24, 2.45) is 11.5 Å². The Hall–Kier alpha value is -0.280. The lowest BCUT2D eigenvalue weighted by Gasteiger charge is -2.36. The van der Waals surface area contributed by atoms with Gasteiger partial charge in [-0.2, -0.15) is 0 Å². The summed E-state index contributed by atoms with van der Waals surface area (Å²) in [6.45, 7) is 8.02. The Kier molecular flexibility index (Phi) is 3.19. The maximum atomic E-state index is 6.49. The van der Waals surface area contributed by atoms with E-state index in [2.05, 4.69) is 0 Å². The largest absolute Gasteiger partial charge is 0.348 e. The molecule has 3 aliphatic rings. The quantitative estimate of drug-likeness (QED) is 0.718. The monoisotopic (exact) mass is 288 g/mol. The smallest absolute Gasteiger partial charge is 0.189 e. The molecule has 0 saturated carbocycles. The Bertz CT molecular complexity index is 402. The van der Waals surface area contributed by atoms with Gasteiger partial charge in [-0.3, -0.25) is 0 Å². The van der Waals surface area contributed by atoms with Gasteiger partial charge in [0, 0.05) is 6.54 Å². The van der Waals surface area contributed by atoms with Crippen LogP contribution in [0, 0.1) is 0 Å². The Balaban J connectivity index is 1.81. The average Bonchev–Trinajstić information content (AvgIpc) is 2.91. The SMILES string of the molecule is CC1(C)OC[C@H]([C@H]2O[C@@H]3OC(C)(C)O[C@@H]3[C@@]2(N)CN)O1. The van der Waals surface area contributed by atoms with Crippen molar-refractivity contribution in [3.8, 4) is 0 Å². The molecule has 20 heavy (non-hydrogen) atoms. The van der Waals surface area contributed by atoms with Crippen LogP contribution in [0.4, 0.5) is 0 Å². The number of fused-ring (bicyclic) bond motifs is 1. The fourth-order valence-electron chi connectivity index (χ4n) is 3.16. The van der Waals surface area contributed by atoms with Gasteiger partial charge >= 0.3 is 0 Å². The van der Waals surface area contributed by atoms with E-state index in [1.54, 1.807) is 0 Å². The van der Waals surface area contributed by atoms with Crippen molar-refractivity contribution in [3.63, 3.8) is 0 Å². The van der Waals surface area contributed by atoms with E-state index in [4.69, 9.17) is 35.2 Å². The van der Waals surface area contributed by atoms with Crippen LogP contribution in [-0.4, -0.2) is 54.9 Å². The van der Waals surface area contributed by atoms with E-state index in [0.717, 1.165) is 0 Å². The molecule has 0 radical (unpaired) electrons. The van der Waals surface area contributed by atoms with Gasteiger partial charge in [0.1, 0.15) is 18.3 Å². The summed E-state index contributed by atoms with van der Waals surface area (Å²) in [5, 5.41) is 0. The second-order valence-corrected chi connectivity index (χ2v) is 6.66. The number of hydrogen-bond acceptors (Lipinski definition) is 7. The zero-order valence-corrected chi connectivity index (χ0v) is 12.4. The summed E-state index contributed by atoms with van der Waals surface area (Å²) in [5.41, 5.74) is 11.5. The topological polar surface area (TPSA) is 98.2 Å². The molecule has 7 nitrogen and oxygen atoms in total. The lowest BCUT2D eigenvalue weighted by atomic mass is 9.86. The maximum Gasteiger partial charge on any atom is 0.189 e. The van der Waals surface area contributed by atoms with Crippen LogP contribution in [-0.2, 0) is 23.7 Å². The number of hydrogen-bond donors (Lipinski definition) is 2. The molecule has 0 aromatic rings. The van der Waals surface area contributed by atoms with E-state index < -0.39 is 35.6 Å². The fourth-order valence-corrected chi connectivity index (χ4v) is 3.16. The predicted octanol–water partition coefficient (Wildman–Crippen LogP) is -0.329. The normalized spacial score (nSPS) is 49.5. The Labute approximate surface area is 118 Å². The highest BCUT2D eigenvalue weighted by Gasteiger charge is 2.64. The minimum Gasteiger partial charge on any atom is -0.348 e. The summed E-state index contributed by atoms with van der Waals surface area (Å²) < 4.78 is 29.0. The second kappa shape index (κ2) is 4.36. The van der Waals surface area contributed by atoms with Crippen molar-refractivity contribution in [2.75, 3.05) is 13.2 Å². The molecular formula is C13H24N2O5. The first-order chi connectivity index (χ1) is 9.17. The minimum atomic E-state index is -0.854. The molecule has 0 amide bonds. The van der Waals surface area contributed by atoms with Gasteiger partial charge in [-0.05, 0) is 27.7 Å². The molecule has 3 heterocycles. The van der Waals surface area contributed by atoms with Crippen molar-refractivity contribution in [3.05, 3.63) is 0 Å². The molecule has 3 aliphatic heterocycles. The van der Waals surface area contributed by atoms with Gasteiger partial charge in [0.25, 0.3) is 0 Å². The molecule has 116 valence electrons. The number of ether oxygens (including phenoxy) is 5. The third-order valence-corrected chi connectivity index (χ3v) is 4.12. The van der Waals surface area contributed by atoms with Gasteiger partial charge in [0.15, 0.2) is 17.9 Å². The number of rotatable bonds is 2. The Morgan fingerprint density at radius 2 is 1.70 bits per heavy atom. The Morgan fingerprint density at radius 1 is 1.00 bits per heavy atom. The molecule has 0 spiro atoms. The third kappa shape index (κ3) is 2.18. The lowest BCUT2D eigenvalue weighted by molar-refractivity contribution is -0.228. The zero-order chi connectivity index (χ0) is 14.8. The summed E-state index contributed by atoms with van der Waals surface area (Å²) in [6, 6.07) is 0. The average molecular weight is 288 g/mol. The molecule has 0 unspecified atom stereocenters. The van der Waals surface area contributed by atoms with Gasteiger partial charge in [0.05, 0.1) is 12.1 Å². The van der Waals surface area contributed by atoms with Crippen molar-refractivity contribution >= 4 is 0 Å². The van der Waals surface area contributed by atoms with Gasteiger partial charge in [-0.25, -0.2) is 0 Å². The van der Waals surface area contributed by atoms with Gasteiger partial charge in [-0.1, -0.05) is 0 Å². The summed E-state index contributed by atoms with van der Waals surface area (Å²) in [7, 11) is 0. The number of nitrogens with two attached hydrogens (primary N) is 2. The van der Waals surface area contributed by atoms with Crippen molar-refractivity contribution < 1.29 is 23.7 Å². The molecule has 0 bridgehead atoms. The van der Waals surface area contributed by atoms with E-state index in [0.29, 0.717) is 6.61 Å². The highest BCUT2D eigenvalue weighted by molar-refractivity contribution is 5.12. The first-order valence-corrected chi connectivity index (χ1v) is 6.99. The summed E-state index contributed by atoms with van der Waals surface area (Å²) in [5.74, 6) is -1.35. The van der Waals surface area contributed by atoms with Crippen LogP contribution in [0.5, 0.6) is 0 Å². The lowest BCUT2D eigenvalue weighted by Crippen LogP contribution is -2.64. The van der Waals surface area contributed by atoms with Crippen LogP contribution < -0.4 is 11.5 Å². The van der Waals surface area contributed by atoms with Crippen molar-refractivity contribution in [1.82, 2.24) is 0 Å². The molecule has 3 saturated heterocycles. The van der Waals surface area contributed by atoms with E-state index in [9.17, 15) is 0 Å². The fraction of sp³-hybridized carbons (Fsp3) is 1.00. The van der Waals surface area contributed by atoms with Crippen LogP contribution in [0.15, 0.2) is 0 Å². The molecule has 7 heteroatoms. The van der Waals surface area contributed by atoms with Crippen LogP contribution in [0.25, 0.3) is 0 Å². The van der Waals surface area contributed by atoms with Gasteiger partial charge < -0.3 is 35.2 Å².